The minimum atomic E-state index is -1.10. The first kappa shape index (κ1) is 12.5. The molecule has 0 aliphatic heterocycles. The largest absolute Gasteiger partial charge is 0.478 e. The summed E-state index contributed by atoms with van der Waals surface area (Å²) in [4.78, 5) is 10.7. The van der Waals surface area contributed by atoms with Gasteiger partial charge in [-0.2, -0.15) is 0 Å². The van der Waals surface area contributed by atoms with E-state index in [-0.39, 0.29) is 5.56 Å². The molecule has 2 bridgehead atoms. The van der Waals surface area contributed by atoms with Crippen molar-refractivity contribution in [2.75, 3.05) is 11.9 Å². The summed E-state index contributed by atoms with van der Waals surface area (Å²) >= 11 is 0. The molecule has 2 saturated carbocycles. The third-order valence-electron chi connectivity index (χ3n) is 4.66. The van der Waals surface area contributed by atoms with Crippen LogP contribution in [0, 0.1) is 23.6 Å². The quantitative estimate of drug-likeness (QED) is 0.875. The van der Waals surface area contributed by atoms with E-state index in [1.807, 2.05) is 0 Å². The molecule has 4 heteroatoms. The van der Waals surface area contributed by atoms with Gasteiger partial charge in [0.25, 0.3) is 0 Å². The summed E-state index contributed by atoms with van der Waals surface area (Å²) in [6.07, 6.45) is 5.28. The Bertz CT molecular complexity index is 503. The molecular formula is C15H18FNO2. The lowest BCUT2D eigenvalue weighted by Crippen LogP contribution is -2.20. The van der Waals surface area contributed by atoms with Crippen LogP contribution in [0.5, 0.6) is 0 Å². The van der Waals surface area contributed by atoms with Crippen LogP contribution in [0.25, 0.3) is 0 Å². The van der Waals surface area contributed by atoms with Crippen LogP contribution >= 0.6 is 0 Å². The van der Waals surface area contributed by atoms with E-state index in [0.717, 1.165) is 24.4 Å². The average molecular weight is 263 g/mol. The maximum Gasteiger partial charge on any atom is 0.335 e. The van der Waals surface area contributed by atoms with Gasteiger partial charge in [0.05, 0.1) is 11.3 Å². The highest BCUT2D eigenvalue weighted by Crippen LogP contribution is 2.48. The highest BCUT2D eigenvalue weighted by atomic mass is 19.1. The first-order valence-electron chi connectivity index (χ1n) is 6.90. The fraction of sp³-hybridized carbons (Fsp3) is 0.533. The summed E-state index contributed by atoms with van der Waals surface area (Å²) in [5, 5.41) is 11.9. The Hall–Kier alpha value is -1.58. The van der Waals surface area contributed by atoms with Crippen LogP contribution in [0.1, 0.15) is 36.0 Å². The number of fused-ring (bicyclic) bond motifs is 2. The van der Waals surface area contributed by atoms with Crippen molar-refractivity contribution in [2.45, 2.75) is 25.7 Å². The Morgan fingerprint density at radius 1 is 1.37 bits per heavy atom. The minimum absolute atomic E-state index is 0.0111. The van der Waals surface area contributed by atoms with Crippen LogP contribution in [0.15, 0.2) is 18.2 Å². The summed E-state index contributed by atoms with van der Waals surface area (Å²) in [5.41, 5.74) is 0.399. The van der Waals surface area contributed by atoms with Gasteiger partial charge < -0.3 is 10.4 Å². The predicted molar refractivity (Wildman–Crippen MR) is 70.8 cm³/mol. The molecule has 3 atom stereocenters. The maximum atomic E-state index is 13.7. The molecule has 2 fully saturated rings. The smallest absolute Gasteiger partial charge is 0.335 e. The number of anilines is 1. The van der Waals surface area contributed by atoms with Gasteiger partial charge in [-0.1, -0.05) is 6.42 Å². The van der Waals surface area contributed by atoms with E-state index in [9.17, 15) is 9.18 Å². The Labute approximate surface area is 111 Å². The van der Waals surface area contributed by atoms with Crippen LogP contribution in [-0.2, 0) is 0 Å². The molecule has 2 aliphatic rings. The summed E-state index contributed by atoms with van der Waals surface area (Å²) in [7, 11) is 0. The number of carboxylic acids is 1. The van der Waals surface area contributed by atoms with Gasteiger partial charge in [0.2, 0.25) is 0 Å². The van der Waals surface area contributed by atoms with Gasteiger partial charge in [-0.25, -0.2) is 9.18 Å². The van der Waals surface area contributed by atoms with Crippen LogP contribution in [0.2, 0.25) is 0 Å². The normalized spacial score (nSPS) is 28.6. The summed E-state index contributed by atoms with van der Waals surface area (Å²) in [6, 6.07) is 4.03. The molecule has 0 saturated heterocycles. The van der Waals surface area contributed by atoms with Crippen LogP contribution in [-0.4, -0.2) is 17.6 Å². The molecule has 0 amide bonds. The lowest BCUT2D eigenvalue weighted by Gasteiger charge is -2.22. The molecule has 0 heterocycles. The molecule has 3 nitrogen and oxygen atoms in total. The molecule has 3 unspecified atom stereocenters. The van der Waals surface area contributed by atoms with E-state index in [4.69, 9.17) is 5.11 Å². The monoisotopic (exact) mass is 263 g/mol. The molecule has 2 aliphatic carbocycles. The van der Waals surface area contributed by atoms with Crippen molar-refractivity contribution in [1.29, 1.82) is 0 Å². The highest BCUT2D eigenvalue weighted by Gasteiger charge is 2.39. The molecule has 2 N–H and O–H groups in total. The second-order valence-electron chi connectivity index (χ2n) is 5.82. The van der Waals surface area contributed by atoms with E-state index in [0.29, 0.717) is 11.6 Å². The SMILES string of the molecule is O=C(O)c1ccc(NCC2CC3CCC2C3)c(F)c1. The maximum absolute atomic E-state index is 13.7. The van der Waals surface area contributed by atoms with Crippen molar-refractivity contribution in [3.05, 3.63) is 29.6 Å². The molecular weight excluding hydrogens is 245 g/mol. The number of carboxylic acid groups (broad SMARTS) is 1. The van der Waals surface area contributed by atoms with E-state index in [1.54, 1.807) is 0 Å². The number of nitrogens with one attached hydrogen (secondary N) is 1. The second kappa shape index (κ2) is 4.83. The molecule has 0 radical (unpaired) electrons. The summed E-state index contributed by atoms with van der Waals surface area (Å²) in [5.74, 6) is 0.758. The molecule has 0 spiro atoms. The second-order valence-corrected chi connectivity index (χ2v) is 5.82. The van der Waals surface area contributed by atoms with Gasteiger partial charge >= 0.3 is 5.97 Å². The van der Waals surface area contributed by atoms with E-state index in [1.165, 1.54) is 37.8 Å². The van der Waals surface area contributed by atoms with Crippen LogP contribution in [0.4, 0.5) is 10.1 Å². The van der Waals surface area contributed by atoms with Crippen molar-refractivity contribution in [2.24, 2.45) is 17.8 Å². The number of aromatic carboxylic acids is 1. The van der Waals surface area contributed by atoms with Crippen molar-refractivity contribution in [3.63, 3.8) is 0 Å². The topological polar surface area (TPSA) is 49.3 Å². The van der Waals surface area contributed by atoms with E-state index >= 15 is 0 Å². The first-order valence-corrected chi connectivity index (χ1v) is 6.90. The average Bonchev–Trinajstić information content (AvgIpc) is 2.99. The number of benzene rings is 1. The number of hydrogen-bond donors (Lipinski definition) is 2. The lowest BCUT2D eigenvalue weighted by atomic mass is 9.89. The third kappa shape index (κ3) is 2.44. The third-order valence-corrected chi connectivity index (χ3v) is 4.66. The number of hydrogen-bond acceptors (Lipinski definition) is 2. The van der Waals surface area contributed by atoms with Crippen molar-refractivity contribution in [3.8, 4) is 0 Å². The summed E-state index contributed by atoms with van der Waals surface area (Å²) in [6.45, 7) is 0.796. The van der Waals surface area contributed by atoms with E-state index in [2.05, 4.69) is 5.32 Å². The fourth-order valence-corrected chi connectivity index (χ4v) is 3.66. The molecule has 1 aromatic rings. The number of carbonyl (C=O) groups is 1. The lowest BCUT2D eigenvalue weighted by molar-refractivity contribution is 0.0696. The Kier molecular flexibility index (Phi) is 3.17. The number of rotatable bonds is 4. The summed E-state index contributed by atoms with van der Waals surface area (Å²) < 4.78 is 13.7. The standard InChI is InChI=1S/C15H18FNO2/c16-13-7-11(15(18)19)3-4-14(13)17-8-12-6-9-1-2-10(12)5-9/h3-4,7,9-10,12,17H,1-2,5-6,8H2,(H,18,19). The van der Waals surface area contributed by atoms with Crippen molar-refractivity contribution < 1.29 is 14.3 Å². The molecule has 0 aromatic heterocycles. The molecule has 102 valence electrons. The Balaban J connectivity index is 1.62. The number of halogens is 1. The highest BCUT2D eigenvalue weighted by molar-refractivity contribution is 5.88. The van der Waals surface area contributed by atoms with Gasteiger partial charge in [-0.05, 0) is 55.2 Å². The van der Waals surface area contributed by atoms with Gasteiger partial charge in [0.15, 0.2) is 0 Å². The van der Waals surface area contributed by atoms with Crippen molar-refractivity contribution >= 4 is 11.7 Å². The zero-order chi connectivity index (χ0) is 13.4. The van der Waals surface area contributed by atoms with Gasteiger partial charge in [0.1, 0.15) is 5.82 Å². The van der Waals surface area contributed by atoms with Crippen LogP contribution in [0.3, 0.4) is 0 Å². The predicted octanol–water partition coefficient (Wildman–Crippen LogP) is 3.37. The van der Waals surface area contributed by atoms with Crippen LogP contribution < -0.4 is 5.32 Å². The zero-order valence-electron chi connectivity index (χ0n) is 10.7. The van der Waals surface area contributed by atoms with E-state index < -0.39 is 11.8 Å². The molecule has 3 rings (SSSR count). The van der Waals surface area contributed by atoms with Gasteiger partial charge in [0, 0.05) is 6.54 Å². The Morgan fingerprint density at radius 2 is 2.21 bits per heavy atom. The minimum Gasteiger partial charge on any atom is -0.478 e. The van der Waals surface area contributed by atoms with Gasteiger partial charge in [-0.3, -0.25) is 0 Å². The fourth-order valence-electron chi connectivity index (χ4n) is 3.66. The molecule has 19 heavy (non-hydrogen) atoms. The zero-order valence-corrected chi connectivity index (χ0v) is 10.7. The van der Waals surface area contributed by atoms with Crippen molar-refractivity contribution in [1.82, 2.24) is 0 Å². The Morgan fingerprint density at radius 3 is 2.79 bits per heavy atom. The van der Waals surface area contributed by atoms with Gasteiger partial charge in [-0.15, -0.1) is 0 Å². The first-order chi connectivity index (χ1) is 9.13. The molecule has 1 aromatic carbocycles.